The summed E-state index contributed by atoms with van der Waals surface area (Å²) in [4.78, 5) is 2.54. The van der Waals surface area contributed by atoms with Crippen LogP contribution in [0, 0.1) is 23.7 Å². The first-order valence-electron chi connectivity index (χ1n) is 12.0. The lowest BCUT2D eigenvalue weighted by molar-refractivity contribution is 0.0959. The van der Waals surface area contributed by atoms with Crippen LogP contribution in [0.3, 0.4) is 0 Å². The van der Waals surface area contributed by atoms with Crippen molar-refractivity contribution in [2.24, 2.45) is 23.7 Å². The lowest BCUT2D eigenvalue weighted by Crippen LogP contribution is -2.54. The summed E-state index contributed by atoms with van der Waals surface area (Å²) in [6.45, 7) is 10.8. The molecule has 154 valence electrons. The number of nitrogens with zero attached hydrogens (tertiary/aromatic N) is 1. The molecule has 0 amide bonds. The summed E-state index contributed by atoms with van der Waals surface area (Å²) in [5.41, 5.74) is 0. The largest absolute Gasteiger partial charge is 0.299 e. The van der Waals surface area contributed by atoms with Gasteiger partial charge in [-0.2, -0.15) is 0 Å². The average Bonchev–Trinajstić information content (AvgIpc) is 2.61. The molecule has 1 aliphatic heterocycles. The predicted molar refractivity (Wildman–Crippen MR) is 115 cm³/mol. The second-order valence-corrected chi connectivity index (χ2v) is 9.96. The van der Waals surface area contributed by atoms with Crippen LogP contribution in [0.5, 0.6) is 0 Å². The lowest BCUT2D eigenvalue weighted by Gasteiger charge is -2.44. The maximum Gasteiger partial charge on any atom is 0.0596 e. The fourth-order valence-corrected chi connectivity index (χ4v) is 5.00. The lowest BCUT2D eigenvalue weighted by atomic mass is 9.71. The molecular weight excluding hydrogens is 316 g/mol. The fourth-order valence-electron chi connectivity index (χ4n) is 5.00. The second kappa shape index (κ2) is 11.7. The normalized spacial score (nSPS) is 33.3. The minimum absolute atomic E-state index is 0.601. The number of fused-ring (bicyclic) bond motifs is 1. The molecule has 0 aromatic heterocycles. The Morgan fingerprint density at radius 3 is 2.12 bits per heavy atom. The van der Waals surface area contributed by atoms with E-state index in [1.165, 1.54) is 77.0 Å². The fraction of sp³-hybridized carbons (Fsp3) is 1.00. The quantitative estimate of drug-likeness (QED) is 0.602. The van der Waals surface area contributed by atoms with E-state index in [-0.39, 0.29) is 0 Å². The van der Waals surface area contributed by atoms with Crippen LogP contribution < -0.4 is 5.32 Å². The Bertz CT molecular complexity index is 367. The van der Waals surface area contributed by atoms with Crippen molar-refractivity contribution in [3.8, 4) is 0 Å². The Hall–Kier alpha value is -0.0800. The summed E-state index contributed by atoms with van der Waals surface area (Å²) in [5.74, 6) is 3.62. The SMILES string of the molecule is CCN(C)C1CCCCCCCCC(CC(C)C(C)C)CC2CCC2N1. The van der Waals surface area contributed by atoms with Gasteiger partial charge in [-0.25, -0.2) is 0 Å². The van der Waals surface area contributed by atoms with Crippen LogP contribution in [0.15, 0.2) is 0 Å². The molecule has 0 bridgehead atoms. The van der Waals surface area contributed by atoms with Gasteiger partial charge in [-0.1, -0.05) is 72.6 Å². The topological polar surface area (TPSA) is 15.3 Å². The highest BCUT2D eigenvalue weighted by atomic mass is 15.3. The van der Waals surface area contributed by atoms with E-state index >= 15 is 0 Å². The van der Waals surface area contributed by atoms with Gasteiger partial charge in [-0.3, -0.25) is 10.2 Å². The minimum atomic E-state index is 0.601. The Labute approximate surface area is 164 Å². The van der Waals surface area contributed by atoms with Gasteiger partial charge in [-0.15, -0.1) is 0 Å². The van der Waals surface area contributed by atoms with E-state index in [2.05, 4.69) is 45.0 Å². The predicted octanol–water partition coefficient (Wildman–Crippen LogP) is 6.46. The Balaban J connectivity index is 1.97. The molecule has 1 heterocycles. The smallest absolute Gasteiger partial charge is 0.0596 e. The molecule has 0 spiro atoms. The van der Waals surface area contributed by atoms with Gasteiger partial charge in [-0.05, 0) is 69.4 Å². The molecule has 2 nitrogen and oxygen atoms in total. The van der Waals surface area contributed by atoms with Crippen molar-refractivity contribution in [1.82, 2.24) is 10.2 Å². The molecule has 1 N–H and O–H groups in total. The molecule has 5 atom stereocenters. The Morgan fingerprint density at radius 1 is 0.885 bits per heavy atom. The first kappa shape index (κ1) is 22.2. The molecule has 1 saturated carbocycles. The highest BCUT2D eigenvalue weighted by Gasteiger charge is 2.34. The van der Waals surface area contributed by atoms with Gasteiger partial charge >= 0.3 is 0 Å². The number of nitrogens with one attached hydrogen (secondary N) is 1. The zero-order chi connectivity index (χ0) is 18.9. The molecule has 2 rings (SSSR count). The molecule has 0 aromatic carbocycles. The molecule has 2 heteroatoms. The molecule has 2 fully saturated rings. The molecule has 26 heavy (non-hydrogen) atoms. The summed E-state index contributed by atoms with van der Waals surface area (Å²) in [7, 11) is 2.31. The van der Waals surface area contributed by atoms with Gasteiger partial charge in [0.1, 0.15) is 0 Å². The van der Waals surface area contributed by atoms with Crippen LogP contribution in [0.1, 0.15) is 105 Å². The molecule has 1 aliphatic carbocycles. The van der Waals surface area contributed by atoms with Crippen molar-refractivity contribution in [3.05, 3.63) is 0 Å². The van der Waals surface area contributed by atoms with Crippen molar-refractivity contribution < 1.29 is 0 Å². The summed E-state index contributed by atoms with van der Waals surface area (Å²) in [6.07, 6.45) is 17.9. The zero-order valence-corrected chi connectivity index (χ0v) is 18.6. The third-order valence-corrected chi connectivity index (χ3v) is 7.67. The standard InChI is InChI=1S/C24H48N2/c1-6-26(5)24-14-12-10-8-7-9-11-13-21(17-20(4)19(2)3)18-22-15-16-23(22)25-24/h19-25H,6-18H2,1-5H3. The van der Waals surface area contributed by atoms with Crippen LogP contribution in [0.2, 0.25) is 0 Å². The third kappa shape index (κ3) is 7.15. The van der Waals surface area contributed by atoms with Crippen molar-refractivity contribution in [2.75, 3.05) is 13.6 Å². The molecule has 0 aromatic rings. The monoisotopic (exact) mass is 364 g/mol. The summed E-state index contributed by atoms with van der Waals surface area (Å²) in [5, 5.41) is 4.08. The summed E-state index contributed by atoms with van der Waals surface area (Å²) in [6, 6.07) is 0.786. The van der Waals surface area contributed by atoms with Crippen molar-refractivity contribution >= 4 is 0 Å². The molecule has 2 aliphatic rings. The van der Waals surface area contributed by atoms with Gasteiger partial charge in [0.25, 0.3) is 0 Å². The van der Waals surface area contributed by atoms with E-state index in [1.54, 1.807) is 0 Å². The van der Waals surface area contributed by atoms with Gasteiger partial charge < -0.3 is 0 Å². The van der Waals surface area contributed by atoms with E-state index in [9.17, 15) is 0 Å². The van der Waals surface area contributed by atoms with Gasteiger partial charge in [0.15, 0.2) is 0 Å². The van der Waals surface area contributed by atoms with Crippen LogP contribution in [-0.2, 0) is 0 Å². The van der Waals surface area contributed by atoms with Crippen LogP contribution in [-0.4, -0.2) is 30.7 Å². The molecule has 0 radical (unpaired) electrons. The first-order chi connectivity index (χ1) is 12.5. The summed E-state index contributed by atoms with van der Waals surface area (Å²) >= 11 is 0. The number of rotatable bonds is 5. The van der Waals surface area contributed by atoms with Gasteiger partial charge in [0, 0.05) is 6.04 Å². The second-order valence-electron chi connectivity index (χ2n) is 9.96. The molecule has 1 saturated heterocycles. The third-order valence-electron chi connectivity index (χ3n) is 7.67. The van der Waals surface area contributed by atoms with E-state index < -0.39 is 0 Å². The van der Waals surface area contributed by atoms with Gasteiger partial charge in [0.05, 0.1) is 6.17 Å². The maximum atomic E-state index is 4.08. The number of hydrogen-bond donors (Lipinski definition) is 1. The van der Waals surface area contributed by atoms with Crippen LogP contribution in [0.4, 0.5) is 0 Å². The van der Waals surface area contributed by atoms with E-state index in [4.69, 9.17) is 0 Å². The van der Waals surface area contributed by atoms with Gasteiger partial charge in [0.2, 0.25) is 0 Å². The molecule has 5 unspecified atom stereocenters. The maximum absolute atomic E-state index is 4.08. The summed E-state index contributed by atoms with van der Waals surface area (Å²) < 4.78 is 0. The Kier molecular flexibility index (Phi) is 9.99. The zero-order valence-electron chi connectivity index (χ0n) is 18.6. The first-order valence-corrected chi connectivity index (χ1v) is 12.0. The molecular formula is C24H48N2. The van der Waals surface area contributed by atoms with Crippen LogP contribution >= 0.6 is 0 Å². The Morgan fingerprint density at radius 2 is 1.54 bits per heavy atom. The highest BCUT2D eigenvalue weighted by molar-refractivity contribution is 4.90. The van der Waals surface area contributed by atoms with E-state index in [1.807, 2.05) is 0 Å². The average molecular weight is 365 g/mol. The van der Waals surface area contributed by atoms with Crippen molar-refractivity contribution in [1.29, 1.82) is 0 Å². The highest BCUT2D eigenvalue weighted by Crippen LogP contribution is 2.38. The van der Waals surface area contributed by atoms with E-state index in [0.717, 1.165) is 36.3 Å². The van der Waals surface area contributed by atoms with Crippen molar-refractivity contribution in [2.45, 2.75) is 117 Å². The number of hydrogen-bond acceptors (Lipinski definition) is 2. The van der Waals surface area contributed by atoms with E-state index in [0.29, 0.717) is 6.17 Å². The van der Waals surface area contributed by atoms with Crippen LogP contribution in [0.25, 0.3) is 0 Å². The van der Waals surface area contributed by atoms with Crippen molar-refractivity contribution in [3.63, 3.8) is 0 Å². The minimum Gasteiger partial charge on any atom is -0.299 e.